The Labute approximate surface area is 55.1 Å². The van der Waals surface area contributed by atoms with Gasteiger partial charge >= 0.3 is 0 Å². The van der Waals surface area contributed by atoms with Gasteiger partial charge in [0, 0.05) is 10.7 Å². The molecule has 0 heterocycles. The fraction of sp³-hybridized carbons (Fsp3) is 1.00. The highest BCUT2D eigenvalue weighted by atomic mass is 35.7. The Morgan fingerprint density at radius 2 is 2.00 bits per heavy atom. The van der Waals surface area contributed by atoms with Crippen LogP contribution in [0.1, 0.15) is 0 Å². The van der Waals surface area contributed by atoms with Gasteiger partial charge in [-0.25, -0.2) is 8.42 Å². The van der Waals surface area contributed by atoms with E-state index in [1.165, 1.54) is 0 Å². The standard InChI is InChI=1S/CH2Cl2O2S2/c2-6-1-7(3,4)5/h1H2. The van der Waals surface area contributed by atoms with E-state index < -0.39 is 9.05 Å². The minimum atomic E-state index is -3.37. The predicted octanol–water partition coefficient (Wildman–Crippen LogP) is 1.40. The van der Waals surface area contributed by atoms with Crippen molar-refractivity contribution >= 4 is 41.4 Å². The molecule has 0 radical (unpaired) electrons. The highest BCUT2D eigenvalue weighted by molar-refractivity contribution is 8.32. The van der Waals surface area contributed by atoms with E-state index in [9.17, 15) is 8.42 Å². The van der Waals surface area contributed by atoms with Crippen molar-refractivity contribution in [2.45, 2.75) is 0 Å². The second kappa shape index (κ2) is 3.02. The topological polar surface area (TPSA) is 34.1 Å². The van der Waals surface area contributed by atoms with Gasteiger partial charge in [0.15, 0.2) is 0 Å². The average molecular weight is 181 g/mol. The van der Waals surface area contributed by atoms with Gasteiger partial charge in [-0.1, -0.05) is 0 Å². The van der Waals surface area contributed by atoms with Crippen molar-refractivity contribution in [3.63, 3.8) is 0 Å². The summed E-state index contributed by atoms with van der Waals surface area (Å²) in [5.74, 6) is 0. The van der Waals surface area contributed by atoms with E-state index in [2.05, 4.69) is 0 Å². The minimum absolute atomic E-state index is 0.240. The Kier molecular flexibility index (Phi) is 3.40. The van der Waals surface area contributed by atoms with Crippen molar-refractivity contribution < 1.29 is 8.42 Å². The molecule has 0 aliphatic rings. The molecule has 0 aromatic carbocycles. The van der Waals surface area contributed by atoms with Crippen LogP contribution >= 0.6 is 32.3 Å². The van der Waals surface area contributed by atoms with Crippen molar-refractivity contribution in [2.24, 2.45) is 0 Å². The molecule has 0 bridgehead atoms. The molecule has 7 heavy (non-hydrogen) atoms. The van der Waals surface area contributed by atoms with Gasteiger partial charge in [-0.3, -0.25) is 0 Å². The summed E-state index contributed by atoms with van der Waals surface area (Å²) >= 11 is 0. The van der Waals surface area contributed by atoms with Crippen LogP contribution in [-0.2, 0) is 9.05 Å². The van der Waals surface area contributed by atoms with Crippen LogP contribution in [0.4, 0.5) is 0 Å². The zero-order valence-corrected chi connectivity index (χ0v) is 6.24. The first-order valence-corrected chi connectivity index (χ1v) is 5.51. The first-order chi connectivity index (χ1) is 3.06. The van der Waals surface area contributed by atoms with Crippen molar-refractivity contribution in [3.05, 3.63) is 0 Å². The third-order valence-corrected chi connectivity index (χ3v) is 3.27. The minimum Gasteiger partial charge on any atom is -0.211 e. The van der Waals surface area contributed by atoms with E-state index in [1.54, 1.807) is 0 Å². The van der Waals surface area contributed by atoms with E-state index in [4.69, 9.17) is 21.4 Å². The summed E-state index contributed by atoms with van der Waals surface area (Å²) in [6.07, 6.45) is 0. The molecule has 0 aliphatic heterocycles. The molecule has 0 fully saturated rings. The summed E-state index contributed by atoms with van der Waals surface area (Å²) in [4.78, 5) is 0. The maximum atomic E-state index is 9.89. The van der Waals surface area contributed by atoms with Crippen molar-refractivity contribution in [1.82, 2.24) is 0 Å². The molecular formula is CH2Cl2O2S2. The van der Waals surface area contributed by atoms with Gasteiger partial charge in [-0.05, 0) is 21.7 Å². The Morgan fingerprint density at radius 1 is 1.57 bits per heavy atom. The van der Waals surface area contributed by atoms with Crippen LogP contribution in [0.2, 0.25) is 0 Å². The smallest absolute Gasteiger partial charge is 0.211 e. The van der Waals surface area contributed by atoms with E-state index >= 15 is 0 Å². The first kappa shape index (κ1) is 7.88. The summed E-state index contributed by atoms with van der Waals surface area (Å²) < 4.78 is 19.8. The van der Waals surface area contributed by atoms with Crippen LogP contribution in [0.15, 0.2) is 0 Å². The lowest BCUT2D eigenvalue weighted by Gasteiger charge is -1.82. The Hall–Kier alpha value is 0.880. The largest absolute Gasteiger partial charge is 0.243 e. The van der Waals surface area contributed by atoms with Gasteiger partial charge < -0.3 is 0 Å². The zero-order chi connectivity index (χ0) is 5.91. The molecular weight excluding hydrogens is 179 g/mol. The van der Waals surface area contributed by atoms with Gasteiger partial charge in [-0.15, -0.1) is 0 Å². The molecule has 0 rings (SSSR count). The molecule has 0 aliphatic carbocycles. The highest BCUT2D eigenvalue weighted by Crippen LogP contribution is 2.11. The molecule has 0 aromatic heterocycles. The second-order valence-corrected chi connectivity index (χ2v) is 5.07. The summed E-state index contributed by atoms with van der Waals surface area (Å²) in [5, 5.41) is -0.240. The fourth-order valence-corrected chi connectivity index (χ4v) is 2.35. The molecule has 44 valence electrons. The maximum absolute atomic E-state index is 9.89. The van der Waals surface area contributed by atoms with Crippen LogP contribution in [-0.4, -0.2) is 13.5 Å². The van der Waals surface area contributed by atoms with Gasteiger partial charge in [0.25, 0.3) is 0 Å². The van der Waals surface area contributed by atoms with Gasteiger partial charge in [-0.2, -0.15) is 0 Å². The average Bonchev–Trinajstić information content (AvgIpc) is 1.30. The highest BCUT2D eigenvalue weighted by Gasteiger charge is 2.01. The SMILES string of the molecule is O=S(=O)(Cl)CSCl. The lowest BCUT2D eigenvalue weighted by atomic mass is 11.9. The van der Waals surface area contributed by atoms with Gasteiger partial charge in [0.05, 0.1) is 0 Å². The quantitative estimate of drug-likeness (QED) is 0.604. The lowest BCUT2D eigenvalue weighted by Crippen LogP contribution is -1.87. The van der Waals surface area contributed by atoms with Gasteiger partial charge in [0.1, 0.15) is 5.08 Å². The number of rotatable bonds is 2. The number of halogens is 2. The third-order valence-electron chi connectivity index (χ3n) is 0.185. The molecule has 0 spiro atoms. The van der Waals surface area contributed by atoms with Crippen LogP contribution in [0, 0.1) is 0 Å². The Balaban J connectivity index is 3.60. The van der Waals surface area contributed by atoms with Gasteiger partial charge in [0.2, 0.25) is 9.05 Å². The number of hydrogen-bond donors (Lipinski definition) is 0. The Morgan fingerprint density at radius 3 is 2.00 bits per heavy atom. The third kappa shape index (κ3) is 6.88. The molecule has 0 saturated heterocycles. The van der Waals surface area contributed by atoms with Crippen LogP contribution in [0.5, 0.6) is 0 Å². The summed E-state index contributed by atoms with van der Waals surface area (Å²) in [7, 11) is 6.93. The second-order valence-electron chi connectivity index (χ2n) is 0.766. The summed E-state index contributed by atoms with van der Waals surface area (Å²) in [5.41, 5.74) is 0. The summed E-state index contributed by atoms with van der Waals surface area (Å²) in [6.45, 7) is 0. The van der Waals surface area contributed by atoms with Crippen molar-refractivity contribution in [2.75, 3.05) is 5.08 Å². The van der Waals surface area contributed by atoms with E-state index in [0.29, 0.717) is 11.0 Å². The van der Waals surface area contributed by atoms with E-state index in [1.807, 2.05) is 0 Å². The zero-order valence-electron chi connectivity index (χ0n) is 3.10. The molecule has 2 nitrogen and oxygen atoms in total. The lowest BCUT2D eigenvalue weighted by molar-refractivity contribution is 0.614. The summed E-state index contributed by atoms with van der Waals surface area (Å²) in [6, 6.07) is 0. The molecule has 0 atom stereocenters. The fourth-order valence-electron chi connectivity index (χ4n) is 0.0532. The predicted molar refractivity (Wildman–Crippen MR) is 33.1 cm³/mol. The normalized spacial score (nSPS) is 11.7. The molecule has 0 aromatic rings. The maximum Gasteiger partial charge on any atom is 0.243 e. The van der Waals surface area contributed by atoms with Crippen LogP contribution in [0.25, 0.3) is 0 Å². The molecule has 0 N–H and O–H groups in total. The van der Waals surface area contributed by atoms with Crippen molar-refractivity contribution in [1.29, 1.82) is 0 Å². The first-order valence-electron chi connectivity index (χ1n) is 1.22. The Bertz CT molecular complexity index is 127. The molecule has 0 unspecified atom stereocenters. The van der Waals surface area contributed by atoms with Crippen LogP contribution < -0.4 is 0 Å². The molecule has 0 amide bonds. The van der Waals surface area contributed by atoms with Crippen LogP contribution in [0.3, 0.4) is 0 Å². The van der Waals surface area contributed by atoms with E-state index in [-0.39, 0.29) is 5.08 Å². The van der Waals surface area contributed by atoms with E-state index in [0.717, 1.165) is 0 Å². The monoisotopic (exact) mass is 180 g/mol. The van der Waals surface area contributed by atoms with Crippen molar-refractivity contribution in [3.8, 4) is 0 Å². The molecule has 6 heteroatoms. The number of hydrogen-bond acceptors (Lipinski definition) is 3. The molecule has 0 saturated carbocycles.